The minimum Gasteiger partial charge on any atom is -0.353 e. The van der Waals surface area contributed by atoms with Gasteiger partial charge in [0.1, 0.15) is 0 Å². The fourth-order valence-electron chi connectivity index (χ4n) is 1.34. The normalized spacial score (nSPS) is 11.7. The molecule has 0 aliphatic carbocycles. The first-order valence-corrected chi connectivity index (χ1v) is 7.97. The van der Waals surface area contributed by atoms with E-state index in [4.69, 9.17) is 0 Å². The monoisotopic (exact) mass is 344 g/mol. The number of halogens is 1. The number of benzene rings is 1. The number of thioether (sulfide) groups is 1. The van der Waals surface area contributed by atoms with Crippen molar-refractivity contribution in [2.45, 2.75) is 12.2 Å². The number of nitrogens with one attached hydrogen (secondary N) is 2. The van der Waals surface area contributed by atoms with E-state index in [0.717, 1.165) is 4.47 Å². The molecule has 0 aliphatic rings. The molecule has 1 rings (SSSR count). The lowest BCUT2D eigenvalue weighted by molar-refractivity contribution is -0.120. The van der Waals surface area contributed by atoms with Crippen LogP contribution in [0.1, 0.15) is 17.3 Å². The van der Waals surface area contributed by atoms with Crippen LogP contribution in [-0.2, 0) is 4.79 Å². The van der Waals surface area contributed by atoms with Crippen LogP contribution in [0.25, 0.3) is 0 Å². The molecular weight excluding hydrogens is 328 g/mol. The topological polar surface area (TPSA) is 58.2 Å². The van der Waals surface area contributed by atoms with Crippen molar-refractivity contribution in [2.24, 2.45) is 0 Å². The molecule has 6 heteroatoms. The molecule has 0 bridgehead atoms. The van der Waals surface area contributed by atoms with Crippen molar-refractivity contribution in [3.8, 4) is 0 Å². The molecule has 1 unspecified atom stereocenters. The predicted octanol–water partition coefficient (Wildman–Crippen LogP) is 2.05. The average Bonchev–Trinajstić information content (AvgIpc) is 2.42. The van der Waals surface area contributed by atoms with Crippen molar-refractivity contribution >= 4 is 39.5 Å². The summed E-state index contributed by atoms with van der Waals surface area (Å²) in [5.74, 6) is -0.155. The highest BCUT2D eigenvalue weighted by Crippen LogP contribution is 2.11. The van der Waals surface area contributed by atoms with E-state index in [1.54, 1.807) is 18.2 Å². The lowest BCUT2D eigenvalue weighted by atomic mass is 10.2. The number of hydrogen-bond acceptors (Lipinski definition) is 3. The Morgan fingerprint density at radius 1 is 1.32 bits per heavy atom. The van der Waals surface area contributed by atoms with Gasteiger partial charge in [0.2, 0.25) is 5.91 Å². The Bertz CT molecular complexity index is 454. The molecule has 0 fully saturated rings. The first kappa shape index (κ1) is 16.0. The zero-order valence-electron chi connectivity index (χ0n) is 10.9. The Labute approximate surface area is 125 Å². The van der Waals surface area contributed by atoms with Crippen molar-refractivity contribution in [1.82, 2.24) is 10.6 Å². The number of hydrogen-bond donors (Lipinski definition) is 2. The Kier molecular flexibility index (Phi) is 6.94. The Morgan fingerprint density at radius 3 is 2.63 bits per heavy atom. The molecule has 0 spiro atoms. The van der Waals surface area contributed by atoms with E-state index >= 15 is 0 Å². The van der Waals surface area contributed by atoms with Crippen molar-refractivity contribution in [2.75, 3.05) is 19.3 Å². The van der Waals surface area contributed by atoms with Gasteiger partial charge in [0.15, 0.2) is 0 Å². The van der Waals surface area contributed by atoms with Crippen LogP contribution >= 0.6 is 27.7 Å². The fourth-order valence-corrected chi connectivity index (χ4v) is 2.04. The molecule has 0 saturated carbocycles. The Hall–Kier alpha value is -1.01. The predicted molar refractivity (Wildman–Crippen MR) is 82.5 cm³/mol. The Morgan fingerprint density at radius 2 is 2.00 bits per heavy atom. The van der Waals surface area contributed by atoms with Gasteiger partial charge in [-0.05, 0) is 31.4 Å². The van der Waals surface area contributed by atoms with Crippen molar-refractivity contribution in [3.63, 3.8) is 0 Å². The van der Waals surface area contributed by atoms with Crippen LogP contribution in [-0.4, -0.2) is 36.4 Å². The summed E-state index contributed by atoms with van der Waals surface area (Å²) in [5.41, 5.74) is 0.596. The van der Waals surface area contributed by atoms with Gasteiger partial charge in [0, 0.05) is 23.1 Å². The molecule has 0 radical (unpaired) electrons. The van der Waals surface area contributed by atoms with E-state index in [1.165, 1.54) is 11.8 Å². The largest absolute Gasteiger partial charge is 0.353 e. The van der Waals surface area contributed by atoms with E-state index in [9.17, 15) is 9.59 Å². The van der Waals surface area contributed by atoms with Crippen molar-refractivity contribution < 1.29 is 9.59 Å². The molecule has 0 aromatic heterocycles. The maximum Gasteiger partial charge on any atom is 0.251 e. The third-order valence-electron chi connectivity index (χ3n) is 2.52. The second-order valence-corrected chi connectivity index (χ2v) is 6.03. The standard InChI is InChI=1S/C13H17BrN2O2S/c1-9(19-2)12(17)15-6-7-16-13(18)10-4-3-5-11(14)8-10/h3-5,8-9H,6-7H2,1-2H3,(H,15,17)(H,16,18). The molecule has 104 valence electrons. The second kappa shape index (κ2) is 8.22. The molecular formula is C13H17BrN2O2S. The van der Waals surface area contributed by atoms with Crippen LogP contribution in [0.3, 0.4) is 0 Å². The number of carbonyl (C=O) groups excluding carboxylic acids is 2. The molecule has 2 N–H and O–H groups in total. The van der Waals surface area contributed by atoms with E-state index in [1.807, 2.05) is 19.2 Å². The lowest BCUT2D eigenvalue weighted by Gasteiger charge is -2.10. The van der Waals surface area contributed by atoms with Crippen LogP contribution in [0.2, 0.25) is 0 Å². The van der Waals surface area contributed by atoms with E-state index in [-0.39, 0.29) is 17.1 Å². The van der Waals surface area contributed by atoms with Gasteiger partial charge in [0.25, 0.3) is 5.91 Å². The first-order valence-electron chi connectivity index (χ1n) is 5.89. The quantitative estimate of drug-likeness (QED) is 0.776. The molecule has 1 aromatic carbocycles. The first-order chi connectivity index (χ1) is 9.04. The summed E-state index contributed by atoms with van der Waals surface area (Å²) < 4.78 is 0.863. The number of carbonyl (C=O) groups is 2. The average molecular weight is 345 g/mol. The lowest BCUT2D eigenvalue weighted by Crippen LogP contribution is -2.37. The van der Waals surface area contributed by atoms with Gasteiger partial charge in [-0.1, -0.05) is 22.0 Å². The summed E-state index contributed by atoms with van der Waals surface area (Å²) in [7, 11) is 0. The van der Waals surface area contributed by atoms with Crippen molar-refractivity contribution in [3.05, 3.63) is 34.3 Å². The smallest absolute Gasteiger partial charge is 0.251 e. The molecule has 2 amide bonds. The molecule has 4 nitrogen and oxygen atoms in total. The van der Waals surface area contributed by atoms with Gasteiger partial charge in [0.05, 0.1) is 5.25 Å². The third kappa shape index (κ3) is 5.65. The minimum absolute atomic E-state index is 0.01000. The van der Waals surface area contributed by atoms with Gasteiger partial charge in [-0.25, -0.2) is 0 Å². The van der Waals surface area contributed by atoms with Gasteiger partial charge in [-0.2, -0.15) is 11.8 Å². The number of rotatable bonds is 6. The molecule has 0 heterocycles. The van der Waals surface area contributed by atoms with Crippen LogP contribution < -0.4 is 10.6 Å². The van der Waals surface area contributed by atoms with Gasteiger partial charge in [-0.15, -0.1) is 0 Å². The highest BCUT2D eigenvalue weighted by molar-refractivity contribution is 9.10. The molecule has 19 heavy (non-hydrogen) atoms. The summed E-state index contributed by atoms with van der Waals surface area (Å²) in [6, 6.07) is 7.17. The zero-order chi connectivity index (χ0) is 14.3. The van der Waals surface area contributed by atoms with Gasteiger partial charge in [-0.3, -0.25) is 9.59 Å². The molecule has 0 aliphatic heterocycles. The molecule has 1 atom stereocenters. The Balaban J connectivity index is 2.30. The van der Waals surface area contributed by atoms with Gasteiger partial charge < -0.3 is 10.6 Å². The third-order valence-corrected chi connectivity index (χ3v) is 3.93. The van der Waals surface area contributed by atoms with E-state index in [0.29, 0.717) is 18.7 Å². The summed E-state index contributed by atoms with van der Waals surface area (Å²) in [4.78, 5) is 23.3. The summed E-state index contributed by atoms with van der Waals surface area (Å²) >= 11 is 4.81. The van der Waals surface area contributed by atoms with E-state index < -0.39 is 0 Å². The van der Waals surface area contributed by atoms with Crippen LogP contribution in [0.5, 0.6) is 0 Å². The van der Waals surface area contributed by atoms with Crippen LogP contribution in [0, 0.1) is 0 Å². The maximum atomic E-state index is 11.8. The van der Waals surface area contributed by atoms with E-state index in [2.05, 4.69) is 26.6 Å². The zero-order valence-corrected chi connectivity index (χ0v) is 13.3. The highest BCUT2D eigenvalue weighted by Gasteiger charge is 2.10. The number of amides is 2. The SMILES string of the molecule is CSC(C)C(=O)NCCNC(=O)c1cccc(Br)c1. The summed E-state index contributed by atoms with van der Waals surface area (Å²) in [6.07, 6.45) is 1.89. The minimum atomic E-state index is -0.145. The van der Waals surface area contributed by atoms with Crippen LogP contribution in [0.15, 0.2) is 28.7 Å². The fraction of sp³-hybridized carbons (Fsp3) is 0.385. The van der Waals surface area contributed by atoms with Crippen molar-refractivity contribution in [1.29, 1.82) is 0 Å². The summed E-state index contributed by atoms with van der Waals surface area (Å²) in [5, 5.41) is 5.46. The summed E-state index contributed by atoms with van der Waals surface area (Å²) in [6.45, 7) is 2.70. The maximum absolute atomic E-state index is 11.8. The van der Waals surface area contributed by atoms with Gasteiger partial charge >= 0.3 is 0 Å². The molecule has 0 saturated heterocycles. The molecule has 1 aromatic rings. The second-order valence-electron chi connectivity index (χ2n) is 3.94. The highest BCUT2D eigenvalue weighted by atomic mass is 79.9. The van der Waals surface area contributed by atoms with Crippen LogP contribution in [0.4, 0.5) is 0 Å².